The van der Waals surface area contributed by atoms with Crippen LogP contribution in [0.1, 0.15) is 31.9 Å². The Bertz CT molecular complexity index is 315. The van der Waals surface area contributed by atoms with Gasteiger partial charge in [-0.15, -0.1) is 0 Å². The van der Waals surface area contributed by atoms with Crippen LogP contribution >= 0.6 is 0 Å². The molecule has 1 aromatic rings. The van der Waals surface area contributed by atoms with Crippen molar-refractivity contribution in [3.05, 3.63) is 24.2 Å². The van der Waals surface area contributed by atoms with Gasteiger partial charge in [0.25, 0.3) is 0 Å². The number of nitrogens with zero attached hydrogens (tertiary/aromatic N) is 1. The van der Waals surface area contributed by atoms with Gasteiger partial charge in [-0.05, 0) is 50.4 Å². The van der Waals surface area contributed by atoms with E-state index in [1.807, 2.05) is 12.1 Å². The van der Waals surface area contributed by atoms with E-state index in [2.05, 4.69) is 24.2 Å². The largest absolute Gasteiger partial charge is 0.468 e. The monoisotopic (exact) mass is 236 g/mol. The Morgan fingerprint density at radius 1 is 1.53 bits per heavy atom. The summed E-state index contributed by atoms with van der Waals surface area (Å²) < 4.78 is 5.40. The van der Waals surface area contributed by atoms with Gasteiger partial charge in [0.05, 0.1) is 12.8 Å². The highest BCUT2D eigenvalue weighted by Crippen LogP contribution is 2.31. The molecule has 2 rings (SSSR count). The van der Waals surface area contributed by atoms with Crippen molar-refractivity contribution in [3.63, 3.8) is 0 Å². The van der Waals surface area contributed by atoms with Gasteiger partial charge in [-0.1, -0.05) is 6.92 Å². The van der Waals surface area contributed by atoms with Gasteiger partial charge in [-0.25, -0.2) is 0 Å². The molecule has 1 aliphatic heterocycles. The Kier molecular flexibility index (Phi) is 4.24. The van der Waals surface area contributed by atoms with E-state index in [1.165, 1.54) is 25.8 Å². The average Bonchev–Trinajstić information content (AvgIpc) is 2.83. The van der Waals surface area contributed by atoms with Crippen LogP contribution in [0.15, 0.2) is 22.8 Å². The van der Waals surface area contributed by atoms with Crippen LogP contribution in [0.3, 0.4) is 0 Å². The van der Waals surface area contributed by atoms with E-state index in [4.69, 9.17) is 4.42 Å². The molecule has 0 spiro atoms. The summed E-state index contributed by atoms with van der Waals surface area (Å²) in [6, 6.07) is 4.01. The second-order valence-corrected chi connectivity index (χ2v) is 5.39. The lowest BCUT2D eigenvalue weighted by atomic mass is 9.78. The third kappa shape index (κ3) is 3.33. The van der Waals surface area contributed by atoms with Crippen molar-refractivity contribution < 1.29 is 4.42 Å². The molecule has 96 valence electrons. The van der Waals surface area contributed by atoms with Gasteiger partial charge in [0.1, 0.15) is 5.76 Å². The lowest BCUT2D eigenvalue weighted by molar-refractivity contribution is 0.120. The van der Waals surface area contributed by atoms with Gasteiger partial charge in [0, 0.05) is 13.1 Å². The van der Waals surface area contributed by atoms with Crippen LogP contribution in [0.25, 0.3) is 0 Å². The SMILES string of the molecule is CCC1(CN(C)Cc2ccco2)CCCNC1. The predicted octanol–water partition coefficient (Wildman–Crippen LogP) is 2.49. The number of hydrogen-bond acceptors (Lipinski definition) is 3. The van der Waals surface area contributed by atoms with Gasteiger partial charge in [0.2, 0.25) is 0 Å². The van der Waals surface area contributed by atoms with Crippen molar-refractivity contribution in [2.24, 2.45) is 5.41 Å². The first kappa shape index (κ1) is 12.7. The number of hydrogen-bond donors (Lipinski definition) is 1. The van der Waals surface area contributed by atoms with Crippen LogP contribution in [-0.4, -0.2) is 31.6 Å². The number of furan rings is 1. The molecule has 0 aromatic carbocycles. The molecule has 1 unspecified atom stereocenters. The fourth-order valence-corrected chi connectivity index (χ4v) is 2.88. The van der Waals surface area contributed by atoms with Gasteiger partial charge < -0.3 is 9.73 Å². The maximum absolute atomic E-state index is 5.40. The zero-order valence-electron chi connectivity index (χ0n) is 11.0. The molecule has 1 N–H and O–H groups in total. The van der Waals surface area contributed by atoms with E-state index in [-0.39, 0.29) is 0 Å². The maximum atomic E-state index is 5.40. The molecular weight excluding hydrogens is 212 g/mol. The van der Waals surface area contributed by atoms with Crippen molar-refractivity contribution >= 4 is 0 Å². The average molecular weight is 236 g/mol. The number of piperidine rings is 1. The van der Waals surface area contributed by atoms with Crippen LogP contribution in [-0.2, 0) is 6.54 Å². The molecule has 1 atom stereocenters. The molecule has 1 saturated heterocycles. The summed E-state index contributed by atoms with van der Waals surface area (Å²) in [4.78, 5) is 2.38. The minimum Gasteiger partial charge on any atom is -0.468 e. The second kappa shape index (κ2) is 5.69. The van der Waals surface area contributed by atoms with Crippen molar-refractivity contribution in [2.45, 2.75) is 32.7 Å². The first-order valence-electron chi connectivity index (χ1n) is 6.66. The van der Waals surface area contributed by atoms with E-state index in [9.17, 15) is 0 Å². The van der Waals surface area contributed by atoms with E-state index in [0.717, 1.165) is 25.4 Å². The van der Waals surface area contributed by atoms with Crippen molar-refractivity contribution in [3.8, 4) is 0 Å². The molecule has 0 saturated carbocycles. The summed E-state index contributed by atoms with van der Waals surface area (Å²) >= 11 is 0. The zero-order valence-corrected chi connectivity index (χ0v) is 11.0. The molecule has 17 heavy (non-hydrogen) atoms. The third-order valence-electron chi connectivity index (χ3n) is 3.92. The van der Waals surface area contributed by atoms with Crippen LogP contribution in [0.4, 0.5) is 0 Å². The molecule has 0 aliphatic carbocycles. The third-order valence-corrected chi connectivity index (χ3v) is 3.92. The Labute approximate surface area is 104 Å². The molecule has 3 heteroatoms. The lowest BCUT2D eigenvalue weighted by Crippen LogP contribution is -2.46. The Balaban J connectivity index is 1.89. The molecule has 0 amide bonds. The van der Waals surface area contributed by atoms with Crippen LogP contribution in [0, 0.1) is 5.41 Å². The summed E-state index contributed by atoms with van der Waals surface area (Å²) in [5.41, 5.74) is 0.458. The highest BCUT2D eigenvalue weighted by atomic mass is 16.3. The van der Waals surface area contributed by atoms with Gasteiger partial charge in [-0.2, -0.15) is 0 Å². The summed E-state index contributed by atoms with van der Waals surface area (Å²) in [5.74, 6) is 1.06. The van der Waals surface area contributed by atoms with Crippen LogP contribution < -0.4 is 5.32 Å². The maximum Gasteiger partial charge on any atom is 0.117 e. The Hall–Kier alpha value is -0.800. The quantitative estimate of drug-likeness (QED) is 0.851. The summed E-state index contributed by atoms with van der Waals surface area (Å²) in [6.07, 6.45) is 5.66. The normalized spacial score (nSPS) is 25.4. The van der Waals surface area contributed by atoms with E-state index in [1.54, 1.807) is 6.26 Å². The van der Waals surface area contributed by atoms with E-state index in [0.29, 0.717) is 5.41 Å². The topological polar surface area (TPSA) is 28.4 Å². The highest BCUT2D eigenvalue weighted by molar-refractivity contribution is 4.98. The van der Waals surface area contributed by atoms with Crippen molar-refractivity contribution in [1.82, 2.24) is 10.2 Å². The smallest absolute Gasteiger partial charge is 0.117 e. The molecule has 0 bridgehead atoms. The summed E-state index contributed by atoms with van der Waals surface area (Å²) in [7, 11) is 2.19. The number of rotatable bonds is 5. The molecule has 1 fully saturated rings. The van der Waals surface area contributed by atoms with E-state index < -0.39 is 0 Å². The molecule has 2 heterocycles. The van der Waals surface area contributed by atoms with Crippen LogP contribution in [0.5, 0.6) is 0 Å². The second-order valence-electron chi connectivity index (χ2n) is 5.39. The zero-order chi connectivity index (χ0) is 12.1. The van der Waals surface area contributed by atoms with Gasteiger partial charge in [0.15, 0.2) is 0 Å². The summed E-state index contributed by atoms with van der Waals surface area (Å²) in [6.45, 7) is 6.72. The minimum atomic E-state index is 0.458. The van der Waals surface area contributed by atoms with E-state index >= 15 is 0 Å². The highest BCUT2D eigenvalue weighted by Gasteiger charge is 2.31. The van der Waals surface area contributed by atoms with Gasteiger partial charge in [-0.3, -0.25) is 4.90 Å². The summed E-state index contributed by atoms with van der Waals surface area (Å²) in [5, 5.41) is 3.54. The van der Waals surface area contributed by atoms with Crippen molar-refractivity contribution in [1.29, 1.82) is 0 Å². The Morgan fingerprint density at radius 3 is 3.00 bits per heavy atom. The molecular formula is C14H24N2O. The molecule has 3 nitrogen and oxygen atoms in total. The fourth-order valence-electron chi connectivity index (χ4n) is 2.88. The first-order valence-corrected chi connectivity index (χ1v) is 6.66. The molecule has 0 radical (unpaired) electrons. The van der Waals surface area contributed by atoms with Gasteiger partial charge >= 0.3 is 0 Å². The number of nitrogens with one attached hydrogen (secondary N) is 1. The molecule has 1 aliphatic rings. The first-order chi connectivity index (χ1) is 8.24. The predicted molar refractivity (Wildman–Crippen MR) is 69.9 cm³/mol. The fraction of sp³-hybridized carbons (Fsp3) is 0.714. The van der Waals surface area contributed by atoms with Crippen LogP contribution in [0.2, 0.25) is 0 Å². The standard InChI is InChI=1S/C14H24N2O/c1-3-14(7-5-8-15-11-14)12-16(2)10-13-6-4-9-17-13/h4,6,9,15H,3,5,7-8,10-12H2,1-2H3. The van der Waals surface area contributed by atoms with Crippen molar-refractivity contribution in [2.75, 3.05) is 26.7 Å². The molecule has 1 aromatic heterocycles. The lowest BCUT2D eigenvalue weighted by Gasteiger charge is -2.39. The minimum absolute atomic E-state index is 0.458. The Morgan fingerprint density at radius 2 is 2.41 bits per heavy atom.